The third-order valence-electron chi connectivity index (χ3n) is 0.364. The van der Waals surface area contributed by atoms with Crippen molar-refractivity contribution in [1.29, 1.82) is 0 Å². The molecule has 0 aromatic heterocycles. The summed E-state index contributed by atoms with van der Waals surface area (Å²) in [5.74, 6) is -0.463. The van der Waals surface area contributed by atoms with Crippen molar-refractivity contribution in [3.8, 4) is 0 Å². The molecular weight excluding hydrogens is 136 g/mol. The SMILES string of the molecule is CC(=O)C(O)O.CC(C)=O. The average Bonchev–Trinajstić information content (AvgIpc) is 1.63. The second kappa shape index (κ2) is 6.38. The van der Waals surface area contributed by atoms with Crippen LogP contribution in [0, 0.1) is 0 Å². The van der Waals surface area contributed by atoms with Gasteiger partial charge in [-0.3, -0.25) is 4.79 Å². The van der Waals surface area contributed by atoms with E-state index in [0.29, 0.717) is 0 Å². The van der Waals surface area contributed by atoms with Crippen molar-refractivity contribution < 1.29 is 19.8 Å². The molecule has 60 valence electrons. The lowest BCUT2D eigenvalue weighted by atomic mass is 10.4. The molecule has 0 aliphatic heterocycles. The fraction of sp³-hybridized carbons (Fsp3) is 0.667. The van der Waals surface area contributed by atoms with Crippen molar-refractivity contribution >= 4 is 11.6 Å². The first kappa shape index (κ1) is 12.0. The molecule has 0 fully saturated rings. The van der Waals surface area contributed by atoms with Gasteiger partial charge in [-0.15, -0.1) is 0 Å². The summed E-state index contributed by atoms with van der Waals surface area (Å²) >= 11 is 0. The molecule has 0 aromatic carbocycles. The van der Waals surface area contributed by atoms with Gasteiger partial charge >= 0.3 is 0 Å². The van der Waals surface area contributed by atoms with E-state index >= 15 is 0 Å². The molecule has 0 aliphatic rings. The van der Waals surface area contributed by atoms with Gasteiger partial charge in [0.25, 0.3) is 0 Å². The van der Waals surface area contributed by atoms with Crippen LogP contribution in [0.2, 0.25) is 0 Å². The van der Waals surface area contributed by atoms with Crippen LogP contribution in [0.25, 0.3) is 0 Å². The molecule has 10 heavy (non-hydrogen) atoms. The Hall–Kier alpha value is -0.740. The van der Waals surface area contributed by atoms with E-state index in [0.717, 1.165) is 6.92 Å². The zero-order valence-electron chi connectivity index (χ0n) is 6.29. The summed E-state index contributed by atoms with van der Waals surface area (Å²) in [6.45, 7) is 4.16. The van der Waals surface area contributed by atoms with E-state index in [-0.39, 0.29) is 5.78 Å². The Labute approximate surface area is 59.5 Å². The highest BCUT2D eigenvalue weighted by Crippen LogP contribution is 1.72. The number of aliphatic hydroxyl groups is 2. The van der Waals surface area contributed by atoms with Crippen molar-refractivity contribution in [3.05, 3.63) is 0 Å². The minimum atomic E-state index is -1.79. The largest absolute Gasteiger partial charge is 0.362 e. The van der Waals surface area contributed by atoms with Crippen LogP contribution in [-0.2, 0) is 9.59 Å². The molecule has 0 amide bonds. The minimum Gasteiger partial charge on any atom is -0.362 e. The zero-order valence-corrected chi connectivity index (χ0v) is 6.29. The predicted octanol–water partition coefficient (Wildman–Crippen LogP) is -0.519. The molecule has 4 nitrogen and oxygen atoms in total. The highest BCUT2D eigenvalue weighted by atomic mass is 16.5. The second-order valence-corrected chi connectivity index (χ2v) is 1.89. The van der Waals surface area contributed by atoms with Gasteiger partial charge in [0, 0.05) is 0 Å². The molecule has 0 heterocycles. The first-order chi connectivity index (χ1) is 4.37. The molecule has 0 bridgehead atoms. The maximum Gasteiger partial charge on any atom is 0.212 e. The summed E-state index contributed by atoms with van der Waals surface area (Å²) in [5, 5.41) is 15.7. The van der Waals surface area contributed by atoms with E-state index in [4.69, 9.17) is 10.2 Å². The Morgan fingerprint density at radius 2 is 1.20 bits per heavy atom. The molecule has 0 radical (unpaired) electrons. The van der Waals surface area contributed by atoms with Crippen molar-refractivity contribution in [2.75, 3.05) is 0 Å². The Bertz CT molecular complexity index is 113. The van der Waals surface area contributed by atoms with Crippen molar-refractivity contribution in [1.82, 2.24) is 0 Å². The quantitative estimate of drug-likeness (QED) is 0.491. The number of carbonyl (C=O) groups is 2. The van der Waals surface area contributed by atoms with E-state index in [2.05, 4.69) is 0 Å². The summed E-state index contributed by atoms with van der Waals surface area (Å²) < 4.78 is 0. The molecule has 0 aliphatic carbocycles. The standard InChI is InChI=1S/C3H6O3.C3H6O/c1-2(4)3(5)6;1-3(2)4/h3,5-6H,1H3;1-2H3. The number of rotatable bonds is 1. The van der Waals surface area contributed by atoms with E-state index in [9.17, 15) is 9.59 Å². The second-order valence-electron chi connectivity index (χ2n) is 1.89. The van der Waals surface area contributed by atoms with Crippen LogP contribution in [0.1, 0.15) is 20.8 Å². The minimum absolute atomic E-state index is 0.167. The number of carbonyl (C=O) groups excluding carboxylic acids is 2. The molecule has 4 heteroatoms. The molecule has 0 saturated carbocycles. The monoisotopic (exact) mass is 148 g/mol. The highest BCUT2D eigenvalue weighted by molar-refractivity contribution is 5.78. The number of Topliss-reactive ketones (excluding diaryl/α,β-unsaturated/α-hetero) is 2. The summed E-state index contributed by atoms with van der Waals surface area (Å²) in [6.07, 6.45) is -1.79. The van der Waals surface area contributed by atoms with Crippen LogP contribution >= 0.6 is 0 Å². The van der Waals surface area contributed by atoms with E-state index in [1.54, 1.807) is 0 Å². The summed E-state index contributed by atoms with van der Waals surface area (Å²) in [7, 11) is 0. The fourth-order valence-electron chi connectivity index (χ4n) is 0. The molecular formula is C6H12O4. The van der Waals surface area contributed by atoms with Gasteiger partial charge in [-0.25, -0.2) is 0 Å². The van der Waals surface area contributed by atoms with Crippen LogP contribution in [0.15, 0.2) is 0 Å². The number of hydrogen-bond donors (Lipinski definition) is 2. The van der Waals surface area contributed by atoms with Crippen LogP contribution in [0.4, 0.5) is 0 Å². The Kier molecular flexibility index (Phi) is 7.65. The smallest absolute Gasteiger partial charge is 0.212 e. The molecule has 0 aromatic rings. The maximum absolute atomic E-state index is 9.64. The van der Waals surface area contributed by atoms with Crippen molar-refractivity contribution in [3.63, 3.8) is 0 Å². The lowest BCUT2D eigenvalue weighted by Crippen LogP contribution is -2.14. The van der Waals surface area contributed by atoms with Crippen LogP contribution in [0.5, 0.6) is 0 Å². The first-order valence-electron chi connectivity index (χ1n) is 2.71. The molecule has 0 rings (SSSR count). The van der Waals surface area contributed by atoms with Gasteiger partial charge in [-0.05, 0) is 20.8 Å². The van der Waals surface area contributed by atoms with E-state index in [1.807, 2.05) is 0 Å². The van der Waals surface area contributed by atoms with Gasteiger partial charge in [0.15, 0.2) is 5.78 Å². The summed E-state index contributed by atoms with van der Waals surface area (Å²) in [5.41, 5.74) is 0. The highest BCUT2D eigenvalue weighted by Gasteiger charge is 1.99. The number of hydrogen-bond acceptors (Lipinski definition) is 4. The normalized spacial score (nSPS) is 8.20. The number of ketones is 2. The van der Waals surface area contributed by atoms with Crippen molar-refractivity contribution in [2.24, 2.45) is 0 Å². The molecule has 0 spiro atoms. The predicted molar refractivity (Wildman–Crippen MR) is 35.3 cm³/mol. The third kappa shape index (κ3) is 26.8. The van der Waals surface area contributed by atoms with Gasteiger partial charge in [0.2, 0.25) is 6.29 Å². The lowest BCUT2D eigenvalue weighted by molar-refractivity contribution is -0.142. The summed E-state index contributed by atoms with van der Waals surface area (Å²) in [4.78, 5) is 19.1. The Morgan fingerprint density at radius 1 is 1.10 bits per heavy atom. The van der Waals surface area contributed by atoms with Gasteiger partial charge in [-0.2, -0.15) is 0 Å². The van der Waals surface area contributed by atoms with Gasteiger partial charge in [0.05, 0.1) is 0 Å². The van der Waals surface area contributed by atoms with Gasteiger partial charge in [-0.1, -0.05) is 0 Å². The van der Waals surface area contributed by atoms with Crippen LogP contribution in [-0.4, -0.2) is 28.1 Å². The fourth-order valence-corrected chi connectivity index (χ4v) is 0. The zero-order chi connectivity index (χ0) is 8.73. The average molecular weight is 148 g/mol. The van der Waals surface area contributed by atoms with Gasteiger partial charge in [0.1, 0.15) is 5.78 Å². The van der Waals surface area contributed by atoms with Crippen LogP contribution < -0.4 is 0 Å². The molecule has 0 saturated heterocycles. The van der Waals surface area contributed by atoms with Crippen molar-refractivity contribution in [2.45, 2.75) is 27.1 Å². The molecule has 0 atom stereocenters. The van der Waals surface area contributed by atoms with E-state index < -0.39 is 12.1 Å². The topological polar surface area (TPSA) is 74.6 Å². The third-order valence-corrected chi connectivity index (χ3v) is 0.364. The Balaban J connectivity index is 0. The first-order valence-corrected chi connectivity index (χ1v) is 2.71. The van der Waals surface area contributed by atoms with Gasteiger partial charge < -0.3 is 15.0 Å². The molecule has 0 unspecified atom stereocenters. The van der Waals surface area contributed by atoms with E-state index in [1.165, 1.54) is 13.8 Å². The Morgan fingerprint density at radius 3 is 1.20 bits per heavy atom. The molecule has 2 N–H and O–H groups in total. The summed E-state index contributed by atoms with van der Waals surface area (Å²) in [6, 6.07) is 0. The van der Waals surface area contributed by atoms with Crippen LogP contribution in [0.3, 0.4) is 0 Å². The lowest BCUT2D eigenvalue weighted by Gasteiger charge is -1.90. The maximum atomic E-state index is 9.64. The number of aliphatic hydroxyl groups excluding tert-OH is 1.